The minimum absolute atomic E-state index is 0.118. The molecule has 0 saturated heterocycles. The molecule has 2 N–H and O–H groups in total. The monoisotopic (exact) mass is 516 g/mol. The van der Waals surface area contributed by atoms with E-state index in [9.17, 15) is 19.5 Å². The lowest BCUT2D eigenvalue weighted by molar-refractivity contribution is -0.116. The smallest absolute Gasteiger partial charge is 0.357 e. The van der Waals surface area contributed by atoms with E-state index >= 15 is 0 Å². The summed E-state index contributed by atoms with van der Waals surface area (Å²) in [6, 6.07) is 0. The average molecular weight is 517 g/mol. The summed E-state index contributed by atoms with van der Waals surface area (Å²) in [5.74, 6) is -0.562. The molecule has 0 saturated carbocycles. The third kappa shape index (κ3) is 5.87. The Morgan fingerprint density at radius 2 is 2.00 bits per heavy atom. The molecule has 36 heavy (non-hydrogen) atoms. The van der Waals surface area contributed by atoms with Crippen LogP contribution in [0.15, 0.2) is 11.6 Å². The van der Waals surface area contributed by atoms with E-state index in [2.05, 4.69) is 10.3 Å². The number of aromatic hydroxyl groups is 1. The van der Waals surface area contributed by atoms with Crippen LogP contribution in [-0.4, -0.2) is 42.2 Å². The molecule has 1 aliphatic rings. The van der Waals surface area contributed by atoms with Crippen molar-refractivity contribution in [3.8, 4) is 11.5 Å². The first-order valence-electron chi connectivity index (χ1n) is 11.7. The van der Waals surface area contributed by atoms with E-state index in [1.165, 1.54) is 25.6 Å². The number of amides is 1. The molecule has 2 aromatic rings. The van der Waals surface area contributed by atoms with Gasteiger partial charge in [-0.15, -0.1) is 11.3 Å². The molecule has 0 unspecified atom stereocenters. The summed E-state index contributed by atoms with van der Waals surface area (Å²) >= 11 is 1.28. The average Bonchev–Trinajstić information content (AvgIpc) is 3.41. The van der Waals surface area contributed by atoms with Crippen molar-refractivity contribution in [1.82, 2.24) is 4.98 Å². The van der Waals surface area contributed by atoms with Crippen LogP contribution in [-0.2, 0) is 33.7 Å². The van der Waals surface area contributed by atoms with E-state index < -0.39 is 11.9 Å². The van der Waals surface area contributed by atoms with Crippen LogP contribution >= 0.6 is 11.3 Å². The number of phenolic OH excluding ortho intramolecular Hbond substituents is 1. The minimum Gasteiger partial charge on any atom is -0.507 e. The zero-order valence-corrected chi connectivity index (χ0v) is 22.3. The molecule has 9 nitrogen and oxygen atoms in total. The molecule has 1 aromatic carbocycles. The highest BCUT2D eigenvalue weighted by atomic mass is 32.1. The number of carbonyl (C=O) groups excluding carboxylic acids is 3. The van der Waals surface area contributed by atoms with Crippen molar-refractivity contribution in [3.63, 3.8) is 0 Å². The maximum absolute atomic E-state index is 12.5. The molecule has 194 valence electrons. The van der Waals surface area contributed by atoms with Crippen LogP contribution in [0.5, 0.6) is 11.5 Å². The van der Waals surface area contributed by atoms with Crippen LogP contribution in [0.3, 0.4) is 0 Å². The summed E-state index contributed by atoms with van der Waals surface area (Å²) in [6.45, 7) is 7.93. The Bertz CT molecular complexity index is 1210. The number of thiazole rings is 1. The summed E-state index contributed by atoms with van der Waals surface area (Å²) in [7, 11) is 2.83. The molecule has 1 amide bonds. The van der Waals surface area contributed by atoms with E-state index in [1.54, 1.807) is 0 Å². The van der Waals surface area contributed by atoms with Gasteiger partial charge in [-0.2, -0.15) is 0 Å². The van der Waals surface area contributed by atoms with Gasteiger partial charge in [-0.25, -0.2) is 14.6 Å². The molecule has 0 spiro atoms. The highest BCUT2D eigenvalue weighted by Crippen LogP contribution is 2.42. The third-order valence-electron chi connectivity index (χ3n) is 5.96. The summed E-state index contributed by atoms with van der Waals surface area (Å²) in [4.78, 5) is 41.7. The highest BCUT2D eigenvalue weighted by molar-refractivity contribution is 7.16. The van der Waals surface area contributed by atoms with Crippen LogP contribution in [0, 0.1) is 12.8 Å². The molecular formula is C26H32N2O7S. The zero-order valence-electron chi connectivity index (χ0n) is 21.4. The van der Waals surface area contributed by atoms with Gasteiger partial charge >= 0.3 is 11.9 Å². The largest absolute Gasteiger partial charge is 0.507 e. The fourth-order valence-electron chi connectivity index (χ4n) is 4.07. The number of carbonyl (C=O) groups is 3. The van der Waals surface area contributed by atoms with Gasteiger partial charge in [0.05, 0.1) is 14.2 Å². The second-order valence-electron chi connectivity index (χ2n) is 9.10. The van der Waals surface area contributed by atoms with Crippen molar-refractivity contribution >= 4 is 34.3 Å². The van der Waals surface area contributed by atoms with Gasteiger partial charge in [0.25, 0.3) is 0 Å². The predicted octanol–water partition coefficient (Wildman–Crippen LogP) is 4.73. The van der Waals surface area contributed by atoms with Gasteiger partial charge in [-0.05, 0) is 44.6 Å². The Labute approximate surface area is 214 Å². The standard InChI is InChI=1S/C26H32N2O7S/c1-13(2)11-18-21(25(32)34-6)28-26(36-18)27-19(29)10-8-14(3)7-9-16-22(30)20-17(12-35-24(20)31)15(4)23(16)33-5/h7,13,30H,8-12H2,1-6H3,(H,27,28,29). The number of cyclic esters (lactones) is 1. The van der Waals surface area contributed by atoms with Gasteiger partial charge in [0, 0.05) is 22.4 Å². The highest BCUT2D eigenvalue weighted by Gasteiger charge is 2.31. The van der Waals surface area contributed by atoms with Crippen molar-refractivity contribution in [3.05, 3.63) is 44.5 Å². The molecule has 1 aliphatic heterocycles. The lowest BCUT2D eigenvalue weighted by Gasteiger charge is -2.15. The topological polar surface area (TPSA) is 124 Å². The number of nitrogens with zero attached hydrogens (tertiary/aromatic N) is 1. The number of nitrogens with one attached hydrogen (secondary N) is 1. The van der Waals surface area contributed by atoms with E-state index in [1.807, 2.05) is 33.8 Å². The number of ether oxygens (including phenoxy) is 3. The van der Waals surface area contributed by atoms with Crippen molar-refractivity contribution in [2.24, 2.45) is 5.92 Å². The number of esters is 2. The molecule has 0 aliphatic carbocycles. The fraction of sp³-hybridized carbons (Fsp3) is 0.462. The second-order valence-corrected chi connectivity index (χ2v) is 10.2. The van der Waals surface area contributed by atoms with Crippen LogP contribution in [0.25, 0.3) is 0 Å². The molecule has 0 atom stereocenters. The number of allylic oxidation sites excluding steroid dienone is 2. The van der Waals surface area contributed by atoms with Gasteiger partial charge < -0.3 is 24.6 Å². The number of rotatable bonds is 10. The molecule has 0 fully saturated rings. The number of methoxy groups -OCH3 is 2. The number of anilines is 1. The maximum atomic E-state index is 12.5. The van der Waals surface area contributed by atoms with Gasteiger partial charge in [0.15, 0.2) is 10.8 Å². The van der Waals surface area contributed by atoms with Gasteiger partial charge in [0.1, 0.15) is 23.7 Å². The van der Waals surface area contributed by atoms with E-state index in [4.69, 9.17) is 14.2 Å². The van der Waals surface area contributed by atoms with E-state index in [0.717, 1.165) is 16.0 Å². The maximum Gasteiger partial charge on any atom is 0.357 e. The molecule has 0 bridgehead atoms. The molecule has 1 aromatic heterocycles. The van der Waals surface area contributed by atoms with Crippen LogP contribution in [0.4, 0.5) is 5.13 Å². The molecule has 0 radical (unpaired) electrons. The first kappa shape index (κ1) is 27.2. The number of benzene rings is 1. The lowest BCUT2D eigenvalue weighted by atomic mass is 9.94. The Morgan fingerprint density at radius 1 is 1.28 bits per heavy atom. The van der Waals surface area contributed by atoms with Crippen LogP contribution < -0.4 is 10.1 Å². The predicted molar refractivity (Wildman–Crippen MR) is 136 cm³/mol. The number of hydrogen-bond acceptors (Lipinski definition) is 9. The van der Waals surface area contributed by atoms with Gasteiger partial charge in [-0.1, -0.05) is 25.5 Å². The quantitative estimate of drug-likeness (QED) is 0.343. The third-order valence-corrected chi connectivity index (χ3v) is 6.96. The van der Waals surface area contributed by atoms with Crippen molar-refractivity contribution < 1.29 is 33.7 Å². The summed E-state index contributed by atoms with van der Waals surface area (Å²) in [5, 5.41) is 13.9. The Kier molecular flexibility index (Phi) is 8.73. The summed E-state index contributed by atoms with van der Waals surface area (Å²) in [5.41, 5.74) is 3.28. The molecule has 2 heterocycles. The fourth-order valence-corrected chi connectivity index (χ4v) is 5.25. The first-order valence-corrected chi connectivity index (χ1v) is 12.5. The number of hydrogen-bond donors (Lipinski definition) is 2. The van der Waals surface area contributed by atoms with Crippen LogP contribution in [0.2, 0.25) is 0 Å². The van der Waals surface area contributed by atoms with Crippen molar-refractivity contribution in [2.45, 2.75) is 60.0 Å². The molecular weight excluding hydrogens is 484 g/mol. The van der Waals surface area contributed by atoms with Crippen LogP contribution in [0.1, 0.15) is 76.0 Å². The molecule has 3 rings (SSSR count). The number of fused-ring (bicyclic) bond motifs is 1. The Balaban J connectivity index is 1.66. The summed E-state index contributed by atoms with van der Waals surface area (Å²) < 4.78 is 15.4. The Morgan fingerprint density at radius 3 is 2.64 bits per heavy atom. The van der Waals surface area contributed by atoms with Gasteiger partial charge in [0.2, 0.25) is 5.91 Å². The Hall–Kier alpha value is -3.40. The summed E-state index contributed by atoms with van der Waals surface area (Å²) in [6.07, 6.45) is 3.59. The second kappa shape index (κ2) is 11.6. The minimum atomic E-state index is -0.541. The van der Waals surface area contributed by atoms with Crippen molar-refractivity contribution in [1.29, 1.82) is 0 Å². The van der Waals surface area contributed by atoms with E-state index in [0.29, 0.717) is 47.2 Å². The first-order chi connectivity index (χ1) is 17.1. The normalized spacial score (nSPS) is 13.0. The SMILES string of the molecule is COC(=O)c1nc(NC(=O)CCC(C)=CCc2c(O)c3c(c(C)c2OC)COC3=O)sc1CC(C)C. The molecule has 10 heteroatoms. The lowest BCUT2D eigenvalue weighted by Crippen LogP contribution is -2.12. The zero-order chi connectivity index (χ0) is 26.6. The van der Waals surface area contributed by atoms with Gasteiger partial charge in [-0.3, -0.25) is 4.79 Å². The van der Waals surface area contributed by atoms with Crippen molar-refractivity contribution in [2.75, 3.05) is 19.5 Å². The number of aromatic nitrogens is 1. The van der Waals surface area contributed by atoms with E-state index in [-0.39, 0.29) is 35.9 Å². The number of phenols is 1.